The van der Waals surface area contributed by atoms with Gasteiger partial charge in [-0.3, -0.25) is 4.79 Å². The van der Waals surface area contributed by atoms with Crippen molar-refractivity contribution in [2.75, 3.05) is 6.54 Å². The van der Waals surface area contributed by atoms with Crippen LogP contribution in [0, 0.1) is 16.7 Å². The van der Waals surface area contributed by atoms with E-state index in [1.165, 1.54) is 38.5 Å². The molecule has 4 saturated carbocycles. The van der Waals surface area contributed by atoms with Gasteiger partial charge in [-0.05, 0) is 55.3 Å². The smallest absolute Gasteiger partial charge is 0.218 e. The van der Waals surface area contributed by atoms with Gasteiger partial charge < -0.3 is 11.1 Å². The highest BCUT2D eigenvalue weighted by molar-refractivity contribution is 5.73. The molecule has 0 radical (unpaired) electrons. The van der Waals surface area contributed by atoms with Crippen molar-refractivity contribution in [2.24, 2.45) is 22.5 Å². The van der Waals surface area contributed by atoms with Crippen molar-refractivity contribution in [3.8, 4) is 0 Å². The molecule has 102 valence electrons. The Bertz CT molecular complexity index is 361. The van der Waals surface area contributed by atoms with Crippen molar-refractivity contribution in [3.63, 3.8) is 0 Å². The monoisotopic (exact) mass is 250 g/mol. The number of amides is 1. The Labute approximate surface area is 110 Å². The Hall–Kier alpha value is -0.570. The predicted octanol–water partition coefficient (Wildman–Crippen LogP) is 2.20. The second-order valence-electron chi connectivity index (χ2n) is 8.05. The zero-order chi connectivity index (χ0) is 13.0. The Morgan fingerprint density at radius 2 is 1.78 bits per heavy atom. The first-order valence-corrected chi connectivity index (χ1v) is 7.36. The third-order valence-electron chi connectivity index (χ3n) is 5.50. The van der Waals surface area contributed by atoms with Gasteiger partial charge in [0.2, 0.25) is 5.91 Å². The van der Waals surface area contributed by atoms with E-state index in [1.54, 1.807) is 0 Å². The van der Waals surface area contributed by atoms with Crippen LogP contribution in [0.25, 0.3) is 0 Å². The number of hydrogen-bond acceptors (Lipinski definition) is 2. The Morgan fingerprint density at radius 3 is 2.28 bits per heavy atom. The van der Waals surface area contributed by atoms with Crippen LogP contribution in [0.2, 0.25) is 0 Å². The third-order valence-corrected chi connectivity index (χ3v) is 5.50. The van der Waals surface area contributed by atoms with Crippen molar-refractivity contribution < 1.29 is 4.79 Å². The standard InChI is InChI=1S/C15H26N2O/c1-13-5-11-6-14(2,8-13)10-15(7-11,9-13)17-4-3-12(16)18/h11,17H,3-10H2,1-2H3,(H2,16,18). The zero-order valence-corrected chi connectivity index (χ0v) is 11.7. The van der Waals surface area contributed by atoms with Gasteiger partial charge in [0.25, 0.3) is 0 Å². The molecule has 3 nitrogen and oxygen atoms in total. The number of carbonyl (C=O) groups is 1. The van der Waals surface area contributed by atoms with Crippen molar-refractivity contribution in [3.05, 3.63) is 0 Å². The molecule has 2 unspecified atom stereocenters. The van der Waals surface area contributed by atoms with E-state index in [1.807, 2.05) is 0 Å². The predicted molar refractivity (Wildman–Crippen MR) is 72.0 cm³/mol. The molecule has 4 rings (SSSR count). The molecule has 0 spiro atoms. The van der Waals surface area contributed by atoms with Gasteiger partial charge in [-0.25, -0.2) is 0 Å². The van der Waals surface area contributed by atoms with E-state index in [2.05, 4.69) is 19.2 Å². The highest BCUT2D eigenvalue weighted by Crippen LogP contribution is 2.66. The molecule has 0 aromatic carbocycles. The first-order valence-electron chi connectivity index (χ1n) is 7.36. The summed E-state index contributed by atoms with van der Waals surface area (Å²) in [7, 11) is 0. The molecule has 4 fully saturated rings. The lowest BCUT2D eigenvalue weighted by Crippen LogP contribution is -2.64. The van der Waals surface area contributed by atoms with Crippen LogP contribution in [0.15, 0.2) is 0 Å². The molecule has 18 heavy (non-hydrogen) atoms. The molecule has 4 aliphatic carbocycles. The van der Waals surface area contributed by atoms with Crippen LogP contribution >= 0.6 is 0 Å². The number of nitrogens with one attached hydrogen (secondary N) is 1. The maximum absolute atomic E-state index is 10.9. The summed E-state index contributed by atoms with van der Waals surface area (Å²) < 4.78 is 0. The van der Waals surface area contributed by atoms with E-state index < -0.39 is 0 Å². The number of carbonyl (C=O) groups excluding carboxylic acids is 1. The number of nitrogens with two attached hydrogens (primary N) is 1. The molecule has 4 bridgehead atoms. The second kappa shape index (κ2) is 3.72. The summed E-state index contributed by atoms with van der Waals surface area (Å²) in [5.74, 6) is 0.710. The summed E-state index contributed by atoms with van der Waals surface area (Å²) in [5.41, 5.74) is 6.62. The molecule has 0 heterocycles. The lowest BCUT2D eigenvalue weighted by molar-refractivity contribution is -0.121. The van der Waals surface area contributed by atoms with Gasteiger partial charge in [-0.1, -0.05) is 13.8 Å². The second-order valence-corrected chi connectivity index (χ2v) is 8.05. The third kappa shape index (κ3) is 2.07. The molecule has 3 N–H and O–H groups in total. The Balaban J connectivity index is 1.74. The van der Waals surface area contributed by atoms with Gasteiger partial charge >= 0.3 is 0 Å². The van der Waals surface area contributed by atoms with Crippen molar-refractivity contribution in [1.82, 2.24) is 5.32 Å². The summed E-state index contributed by atoms with van der Waals surface area (Å²) in [6, 6.07) is 0. The molecule has 0 aromatic rings. The molecular formula is C15H26N2O. The maximum Gasteiger partial charge on any atom is 0.218 e. The topological polar surface area (TPSA) is 55.1 Å². The zero-order valence-electron chi connectivity index (χ0n) is 11.7. The minimum Gasteiger partial charge on any atom is -0.370 e. The van der Waals surface area contributed by atoms with E-state index in [9.17, 15) is 4.79 Å². The van der Waals surface area contributed by atoms with Gasteiger partial charge in [-0.2, -0.15) is 0 Å². The first kappa shape index (κ1) is 12.5. The molecule has 4 aliphatic rings. The van der Waals surface area contributed by atoms with Gasteiger partial charge in [-0.15, -0.1) is 0 Å². The van der Waals surface area contributed by atoms with Gasteiger partial charge in [0.05, 0.1) is 0 Å². The van der Waals surface area contributed by atoms with E-state index in [4.69, 9.17) is 5.73 Å². The minimum atomic E-state index is -0.190. The minimum absolute atomic E-state index is 0.190. The highest BCUT2D eigenvalue weighted by atomic mass is 16.1. The van der Waals surface area contributed by atoms with Crippen LogP contribution in [0.1, 0.15) is 58.8 Å². The average molecular weight is 250 g/mol. The molecule has 0 saturated heterocycles. The number of rotatable bonds is 4. The van der Waals surface area contributed by atoms with Crippen molar-refractivity contribution in [2.45, 2.75) is 64.3 Å². The van der Waals surface area contributed by atoms with Crippen LogP contribution in [-0.4, -0.2) is 18.0 Å². The van der Waals surface area contributed by atoms with E-state index in [0.717, 1.165) is 12.5 Å². The Kier molecular flexibility index (Phi) is 2.58. The molecule has 0 aromatic heterocycles. The summed E-state index contributed by atoms with van der Waals surface area (Å²) in [6.45, 7) is 5.70. The van der Waals surface area contributed by atoms with Crippen LogP contribution in [0.3, 0.4) is 0 Å². The largest absolute Gasteiger partial charge is 0.370 e. The van der Waals surface area contributed by atoms with Gasteiger partial charge in [0.15, 0.2) is 0 Å². The van der Waals surface area contributed by atoms with Crippen molar-refractivity contribution in [1.29, 1.82) is 0 Å². The van der Waals surface area contributed by atoms with Crippen molar-refractivity contribution >= 4 is 5.91 Å². The molecule has 3 heteroatoms. The summed E-state index contributed by atoms with van der Waals surface area (Å²) in [4.78, 5) is 10.9. The summed E-state index contributed by atoms with van der Waals surface area (Å²) in [5, 5.41) is 3.71. The summed E-state index contributed by atoms with van der Waals surface area (Å²) in [6.07, 6.45) is 8.62. The molecule has 2 atom stereocenters. The molecule has 0 aliphatic heterocycles. The van der Waals surface area contributed by atoms with E-state index >= 15 is 0 Å². The quantitative estimate of drug-likeness (QED) is 0.803. The SMILES string of the molecule is CC12CC3CC(C)(C1)CC(NCCC(N)=O)(C3)C2. The average Bonchev–Trinajstić information content (AvgIpc) is 2.09. The number of primary amides is 1. The van der Waals surface area contributed by atoms with Gasteiger partial charge in [0.1, 0.15) is 0 Å². The lowest BCUT2D eigenvalue weighted by Gasteiger charge is -2.65. The lowest BCUT2D eigenvalue weighted by atomic mass is 9.43. The fourth-order valence-electron chi connectivity index (χ4n) is 6.10. The van der Waals surface area contributed by atoms with E-state index in [0.29, 0.717) is 22.8 Å². The van der Waals surface area contributed by atoms with Crippen LogP contribution in [0.5, 0.6) is 0 Å². The molecular weight excluding hydrogens is 224 g/mol. The first-order chi connectivity index (χ1) is 8.32. The normalized spacial score (nSPS) is 49.6. The van der Waals surface area contributed by atoms with Gasteiger partial charge in [0, 0.05) is 18.5 Å². The fourth-order valence-corrected chi connectivity index (χ4v) is 6.10. The van der Waals surface area contributed by atoms with Crippen LogP contribution in [0.4, 0.5) is 0 Å². The summed E-state index contributed by atoms with van der Waals surface area (Å²) >= 11 is 0. The Morgan fingerprint density at radius 1 is 1.17 bits per heavy atom. The van der Waals surface area contributed by atoms with E-state index in [-0.39, 0.29) is 5.91 Å². The van der Waals surface area contributed by atoms with Crippen LogP contribution in [-0.2, 0) is 4.79 Å². The molecule has 1 amide bonds. The maximum atomic E-state index is 10.9. The number of hydrogen-bond donors (Lipinski definition) is 2. The highest BCUT2D eigenvalue weighted by Gasteiger charge is 2.59. The fraction of sp³-hybridized carbons (Fsp3) is 0.933. The van der Waals surface area contributed by atoms with Crippen LogP contribution < -0.4 is 11.1 Å².